The molecule has 0 bridgehead atoms. The predicted octanol–water partition coefficient (Wildman–Crippen LogP) is 3.88. The Morgan fingerprint density at radius 1 is 1.30 bits per heavy atom. The smallest absolute Gasteiger partial charge is 0.357 e. The Kier molecular flexibility index (Phi) is 8.84. The fourth-order valence-corrected chi connectivity index (χ4v) is 3.27. The summed E-state index contributed by atoms with van der Waals surface area (Å²) in [6.07, 6.45) is 4.90. The van der Waals surface area contributed by atoms with E-state index < -0.39 is 5.97 Å². The average molecular weight is 340 g/mol. The molecule has 23 heavy (non-hydrogen) atoms. The predicted molar refractivity (Wildman–Crippen MR) is 92.5 cm³/mol. The van der Waals surface area contributed by atoms with Crippen LogP contribution in [0.3, 0.4) is 0 Å². The molecule has 1 aromatic rings. The lowest BCUT2D eigenvalue weighted by Gasteiger charge is -2.26. The molecule has 130 valence electrons. The Labute approximate surface area is 143 Å². The van der Waals surface area contributed by atoms with Crippen molar-refractivity contribution in [3.05, 3.63) is 16.1 Å². The van der Waals surface area contributed by atoms with Gasteiger partial charge in [-0.2, -0.15) is 0 Å². The third-order valence-electron chi connectivity index (χ3n) is 3.83. The number of esters is 1. The summed E-state index contributed by atoms with van der Waals surface area (Å²) in [5, 5.41) is 2.46. The van der Waals surface area contributed by atoms with Crippen molar-refractivity contribution < 1.29 is 14.3 Å². The Hall–Kier alpha value is -1.43. The Bertz CT molecular complexity index is 502. The van der Waals surface area contributed by atoms with Gasteiger partial charge in [0, 0.05) is 17.8 Å². The summed E-state index contributed by atoms with van der Waals surface area (Å²) in [5.41, 5.74) is 0.314. The number of thiazole rings is 1. The minimum absolute atomic E-state index is 0.0848. The first-order valence-corrected chi connectivity index (χ1v) is 9.26. The molecule has 1 heterocycles. The molecule has 5 nitrogen and oxygen atoms in total. The highest BCUT2D eigenvalue weighted by atomic mass is 32.1. The van der Waals surface area contributed by atoms with E-state index in [0.29, 0.717) is 18.8 Å². The molecule has 0 aliphatic carbocycles. The van der Waals surface area contributed by atoms with Gasteiger partial charge in [0.15, 0.2) is 5.69 Å². The Morgan fingerprint density at radius 2 is 2.04 bits per heavy atom. The van der Waals surface area contributed by atoms with Crippen molar-refractivity contribution in [3.63, 3.8) is 0 Å². The van der Waals surface area contributed by atoms with Crippen molar-refractivity contribution in [1.29, 1.82) is 0 Å². The number of carbonyl (C=O) groups excluding carboxylic acids is 2. The van der Waals surface area contributed by atoms with Crippen molar-refractivity contribution in [3.8, 4) is 0 Å². The third-order valence-corrected chi connectivity index (χ3v) is 4.66. The van der Waals surface area contributed by atoms with Crippen LogP contribution in [-0.4, -0.2) is 35.4 Å². The van der Waals surface area contributed by atoms with E-state index in [0.717, 1.165) is 37.1 Å². The molecule has 0 aliphatic heterocycles. The second-order valence-corrected chi connectivity index (χ2v) is 6.57. The molecule has 6 heteroatoms. The normalized spacial score (nSPS) is 12.0. The lowest BCUT2D eigenvalue weighted by molar-refractivity contribution is -0.136. The summed E-state index contributed by atoms with van der Waals surface area (Å²) in [6.45, 7) is 7.46. The van der Waals surface area contributed by atoms with Crippen LogP contribution in [-0.2, 0) is 16.1 Å². The summed E-state index contributed by atoms with van der Waals surface area (Å²) in [6, 6.07) is 0. The molecule has 1 rings (SSSR count). The molecule has 1 atom stereocenters. The summed E-state index contributed by atoms with van der Waals surface area (Å²) in [7, 11) is 1.34. The van der Waals surface area contributed by atoms with Crippen LogP contribution in [0.25, 0.3) is 0 Å². The molecule has 1 unspecified atom stereocenters. The molecule has 0 aromatic carbocycles. The molecular formula is C17H28N2O3S. The van der Waals surface area contributed by atoms with Crippen LogP contribution >= 0.6 is 11.3 Å². The lowest BCUT2D eigenvalue weighted by atomic mass is 9.97. The van der Waals surface area contributed by atoms with Crippen molar-refractivity contribution in [2.24, 2.45) is 5.92 Å². The van der Waals surface area contributed by atoms with E-state index in [4.69, 9.17) is 0 Å². The Balaban J connectivity index is 2.78. The van der Waals surface area contributed by atoms with Crippen molar-refractivity contribution in [2.45, 2.75) is 59.4 Å². The highest BCUT2D eigenvalue weighted by Gasteiger charge is 2.23. The van der Waals surface area contributed by atoms with Gasteiger partial charge in [0.1, 0.15) is 5.01 Å². The second-order valence-electron chi connectivity index (χ2n) is 5.63. The van der Waals surface area contributed by atoms with Crippen molar-refractivity contribution in [1.82, 2.24) is 9.88 Å². The van der Waals surface area contributed by atoms with E-state index in [2.05, 4.69) is 30.5 Å². The highest BCUT2D eigenvalue weighted by molar-refractivity contribution is 7.09. The number of carbonyl (C=O) groups is 2. The summed E-state index contributed by atoms with van der Waals surface area (Å²) in [4.78, 5) is 30.4. The lowest BCUT2D eigenvalue weighted by Crippen LogP contribution is -2.36. The standard InChI is InChI=1S/C17H28N2O3S/c1-5-8-9-13(7-3)16(20)19(10-6-2)11-15-18-14(12-23-15)17(21)22-4/h12-13H,5-11H2,1-4H3. The van der Waals surface area contributed by atoms with E-state index in [1.807, 2.05) is 4.90 Å². The number of aromatic nitrogens is 1. The number of ether oxygens (including phenoxy) is 1. The van der Waals surface area contributed by atoms with E-state index in [-0.39, 0.29) is 11.8 Å². The van der Waals surface area contributed by atoms with Gasteiger partial charge in [-0.05, 0) is 19.3 Å². The number of amides is 1. The summed E-state index contributed by atoms with van der Waals surface area (Å²) < 4.78 is 4.67. The van der Waals surface area contributed by atoms with Crippen LogP contribution in [0.2, 0.25) is 0 Å². The maximum absolute atomic E-state index is 12.8. The largest absolute Gasteiger partial charge is 0.464 e. The molecule has 0 N–H and O–H groups in total. The SMILES string of the molecule is CCCCC(CC)C(=O)N(CCC)Cc1nc(C(=O)OC)cs1. The van der Waals surface area contributed by atoms with E-state index in [1.54, 1.807) is 5.38 Å². The van der Waals surface area contributed by atoms with Crippen LogP contribution in [0, 0.1) is 5.92 Å². The van der Waals surface area contributed by atoms with E-state index in [9.17, 15) is 9.59 Å². The van der Waals surface area contributed by atoms with Gasteiger partial charge < -0.3 is 9.64 Å². The Morgan fingerprint density at radius 3 is 2.61 bits per heavy atom. The molecule has 0 spiro atoms. The van der Waals surface area contributed by atoms with Crippen LogP contribution in [0.4, 0.5) is 0 Å². The molecule has 0 radical (unpaired) electrons. The van der Waals surface area contributed by atoms with Crippen LogP contribution in [0.15, 0.2) is 5.38 Å². The molecule has 0 fully saturated rings. The zero-order valence-electron chi connectivity index (χ0n) is 14.6. The molecule has 0 saturated heterocycles. The number of hydrogen-bond acceptors (Lipinski definition) is 5. The zero-order chi connectivity index (χ0) is 17.2. The van der Waals surface area contributed by atoms with Crippen molar-refractivity contribution >= 4 is 23.2 Å². The number of hydrogen-bond donors (Lipinski definition) is 0. The van der Waals surface area contributed by atoms with E-state index >= 15 is 0 Å². The van der Waals surface area contributed by atoms with Crippen molar-refractivity contribution in [2.75, 3.05) is 13.7 Å². The first-order valence-electron chi connectivity index (χ1n) is 8.38. The maximum Gasteiger partial charge on any atom is 0.357 e. The third kappa shape index (κ3) is 5.94. The van der Waals surface area contributed by atoms with Gasteiger partial charge >= 0.3 is 5.97 Å². The topological polar surface area (TPSA) is 59.5 Å². The zero-order valence-corrected chi connectivity index (χ0v) is 15.4. The minimum atomic E-state index is -0.435. The van der Waals surface area contributed by atoms with Gasteiger partial charge in [0.2, 0.25) is 5.91 Å². The van der Waals surface area contributed by atoms with Crippen LogP contribution in [0.5, 0.6) is 0 Å². The maximum atomic E-state index is 12.8. The first-order chi connectivity index (χ1) is 11.1. The quantitative estimate of drug-likeness (QED) is 0.606. The minimum Gasteiger partial charge on any atom is -0.464 e. The number of nitrogens with zero attached hydrogens (tertiary/aromatic N) is 2. The summed E-state index contributed by atoms with van der Waals surface area (Å²) >= 11 is 1.40. The first kappa shape index (κ1) is 19.6. The number of rotatable bonds is 10. The summed E-state index contributed by atoms with van der Waals surface area (Å²) in [5.74, 6) is -0.144. The van der Waals surface area contributed by atoms with Gasteiger partial charge in [0.05, 0.1) is 13.7 Å². The van der Waals surface area contributed by atoms with Gasteiger partial charge in [-0.15, -0.1) is 11.3 Å². The fraction of sp³-hybridized carbons (Fsp3) is 0.706. The molecular weight excluding hydrogens is 312 g/mol. The molecule has 0 saturated carbocycles. The van der Waals surface area contributed by atoms with E-state index in [1.165, 1.54) is 18.4 Å². The second kappa shape index (κ2) is 10.4. The van der Waals surface area contributed by atoms with Crippen LogP contribution < -0.4 is 0 Å². The molecule has 1 aromatic heterocycles. The van der Waals surface area contributed by atoms with Gasteiger partial charge in [0.25, 0.3) is 0 Å². The number of unbranched alkanes of at least 4 members (excludes halogenated alkanes) is 1. The molecule has 1 amide bonds. The fourth-order valence-electron chi connectivity index (χ4n) is 2.49. The van der Waals surface area contributed by atoms with Gasteiger partial charge in [-0.1, -0.05) is 33.6 Å². The monoisotopic (exact) mass is 340 g/mol. The number of methoxy groups -OCH3 is 1. The van der Waals surface area contributed by atoms with Crippen LogP contribution in [0.1, 0.15) is 68.4 Å². The van der Waals surface area contributed by atoms with Gasteiger partial charge in [-0.3, -0.25) is 4.79 Å². The molecule has 0 aliphatic rings. The average Bonchev–Trinajstić information content (AvgIpc) is 3.02. The van der Waals surface area contributed by atoms with Gasteiger partial charge in [-0.25, -0.2) is 9.78 Å². The highest BCUT2D eigenvalue weighted by Crippen LogP contribution is 2.19.